The zero-order valence-electron chi connectivity index (χ0n) is 16.9. The van der Waals surface area contributed by atoms with Gasteiger partial charge in [0.1, 0.15) is 6.04 Å². The second-order valence-electron chi connectivity index (χ2n) is 7.29. The largest absolute Gasteiger partial charge is 0.490 e. The molecule has 152 valence electrons. The van der Waals surface area contributed by atoms with Crippen molar-refractivity contribution in [2.75, 3.05) is 19.8 Å². The predicted octanol–water partition coefficient (Wildman–Crippen LogP) is 3.58. The van der Waals surface area contributed by atoms with Gasteiger partial charge in [-0.15, -0.1) is 0 Å². The van der Waals surface area contributed by atoms with E-state index < -0.39 is 0 Å². The van der Waals surface area contributed by atoms with Crippen molar-refractivity contribution >= 4 is 23.2 Å². The number of carbonyl (C=O) groups is 1. The third-order valence-corrected chi connectivity index (χ3v) is 5.96. The minimum atomic E-state index is -0.170. The van der Waals surface area contributed by atoms with Gasteiger partial charge in [-0.05, 0) is 61.3 Å². The fraction of sp³-hybridized carbons (Fsp3) is 0.391. The summed E-state index contributed by atoms with van der Waals surface area (Å²) in [4.78, 5) is 16.9. The molecule has 0 saturated carbocycles. The van der Waals surface area contributed by atoms with Crippen LogP contribution < -0.4 is 9.47 Å². The number of amides is 1. The third-order valence-electron chi connectivity index (χ3n) is 5.51. The van der Waals surface area contributed by atoms with Gasteiger partial charge in [-0.3, -0.25) is 9.69 Å². The lowest BCUT2D eigenvalue weighted by molar-refractivity contribution is -0.128. The molecule has 29 heavy (non-hydrogen) atoms. The summed E-state index contributed by atoms with van der Waals surface area (Å²) in [7, 11) is 0. The molecule has 5 nitrogen and oxygen atoms in total. The van der Waals surface area contributed by atoms with Crippen LogP contribution in [0.1, 0.15) is 30.5 Å². The molecule has 1 fully saturated rings. The molecule has 1 amide bonds. The highest BCUT2D eigenvalue weighted by Gasteiger charge is 2.44. The summed E-state index contributed by atoms with van der Waals surface area (Å²) in [5.41, 5.74) is 3.61. The Morgan fingerprint density at radius 2 is 1.76 bits per heavy atom. The third kappa shape index (κ3) is 3.81. The lowest BCUT2D eigenvalue weighted by atomic mass is 9.95. The molecule has 0 bridgehead atoms. The van der Waals surface area contributed by atoms with E-state index in [4.69, 9.17) is 21.7 Å². The van der Waals surface area contributed by atoms with E-state index >= 15 is 0 Å². The molecular weight excluding hydrogens is 384 g/mol. The maximum Gasteiger partial charge on any atom is 0.251 e. The summed E-state index contributed by atoms with van der Waals surface area (Å²) in [6.45, 7) is 6.36. The fourth-order valence-electron chi connectivity index (χ4n) is 4.07. The van der Waals surface area contributed by atoms with Crippen LogP contribution in [0.4, 0.5) is 0 Å². The van der Waals surface area contributed by atoms with Crippen LogP contribution in [0.5, 0.6) is 11.5 Å². The van der Waals surface area contributed by atoms with Crippen molar-refractivity contribution in [1.29, 1.82) is 0 Å². The Hall–Kier alpha value is -2.60. The number of hydrogen-bond acceptors (Lipinski definition) is 4. The van der Waals surface area contributed by atoms with E-state index in [1.54, 1.807) is 4.90 Å². The van der Waals surface area contributed by atoms with E-state index in [1.807, 2.05) is 44.2 Å². The highest BCUT2D eigenvalue weighted by molar-refractivity contribution is 7.80. The normalized spacial score (nSPS) is 17.9. The number of fused-ring (bicyclic) bond motifs is 2. The number of thiocarbonyl (C=S) groups is 1. The number of rotatable bonds is 7. The molecule has 0 N–H and O–H groups in total. The van der Waals surface area contributed by atoms with Crippen LogP contribution in [0.25, 0.3) is 0 Å². The Morgan fingerprint density at radius 3 is 2.52 bits per heavy atom. The summed E-state index contributed by atoms with van der Waals surface area (Å²) in [6, 6.07) is 14.1. The molecule has 0 aliphatic carbocycles. The van der Waals surface area contributed by atoms with Crippen molar-refractivity contribution in [3.63, 3.8) is 0 Å². The second kappa shape index (κ2) is 8.41. The average molecular weight is 411 g/mol. The van der Waals surface area contributed by atoms with E-state index in [1.165, 1.54) is 11.1 Å². The number of ether oxygens (including phenoxy) is 2. The maximum absolute atomic E-state index is 13.0. The van der Waals surface area contributed by atoms with Crippen molar-refractivity contribution in [2.45, 2.75) is 39.3 Å². The Bertz CT molecular complexity index is 887. The van der Waals surface area contributed by atoms with Crippen molar-refractivity contribution in [3.05, 3.63) is 59.2 Å². The van der Waals surface area contributed by atoms with E-state index in [9.17, 15) is 4.79 Å². The summed E-state index contributed by atoms with van der Waals surface area (Å²) in [5, 5.41) is 0.644. The number of benzene rings is 2. The van der Waals surface area contributed by atoms with E-state index in [0.717, 1.165) is 23.5 Å². The highest BCUT2D eigenvalue weighted by atomic mass is 32.1. The van der Waals surface area contributed by atoms with Gasteiger partial charge in [-0.2, -0.15) is 0 Å². The van der Waals surface area contributed by atoms with Crippen LogP contribution in [-0.2, 0) is 24.2 Å². The first-order valence-corrected chi connectivity index (χ1v) is 10.6. The van der Waals surface area contributed by atoms with Crippen molar-refractivity contribution in [2.24, 2.45) is 0 Å². The van der Waals surface area contributed by atoms with Crippen LogP contribution in [0.3, 0.4) is 0 Å². The molecule has 2 aliphatic heterocycles. The molecule has 4 rings (SSSR count). The van der Waals surface area contributed by atoms with Crippen molar-refractivity contribution in [1.82, 2.24) is 9.80 Å². The monoisotopic (exact) mass is 410 g/mol. The second-order valence-corrected chi connectivity index (χ2v) is 7.65. The van der Waals surface area contributed by atoms with Gasteiger partial charge in [0.2, 0.25) is 0 Å². The zero-order valence-corrected chi connectivity index (χ0v) is 17.7. The smallest absolute Gasteiger partial charge is 0.251 e. The molecule has 0 radical (unpaired) electrons. The SMILES string of the molecule is CCOc1ccc(CCN2C(=O)C3Cc4ccccc4CN3C2=S)cc1OCC. The highest BCUT2D eigenvalue weighted by Crippen LogP contribution is 2.31. The van der Waals surface area contributed by atoms with Crippen LogP contribution in [0.15, 0.2) is 42.5 Å². The zero-order chi connectivity index (χ0) is 20.4. The number of nitrogens with zero attached hydrogens (tertiary/aromatic N) is 2. The molecule has 0 aromatic heterocycles. The first-order chi connectivity index (χ1) is 14.1. The van der Waals surface area contributed by atoms with E-state index in [2.05, 4.69) is 17.0 Å². The lowest BCUT2D eigenvalue weighted by Crippen LogP contribution is -2.39. The van der Waals surface area contributed by atoms with Gasteiger partial charge >= 0.3 is 0 Å². The summed E-state index contributed by atoms with van der Waals surface area (Å²) in [6.07, 6.45) is 1.44. The standard InChI is InChI=1S/C23H26N2O3S/c1-3-27-20-10-9-16(13-21(20)28-4-2)11-12-24-22(26)19-14-17-7-5-6-8-18(17)15-25(19)23(24)29/h5-10,13,19H,3-4,11-12,14-15H2,1-2H3. The van der Waals surface area contributed by atoms with Crippen LogP contribution >= 0.6 is 12.2 Å². The van der Waals surface area contributed by atoms with Crippen LogP contribution in [0.2, 0.25) is 0 Å². The van der Waals surface area contributed by atoms with Gasteiger partial charge in [0, 0.05) is 19.5 Å². The Balaban J connectivity index is 1.46. The van der Waals surface area contributed by atoms with Gasteiger partial charge in [0.15, 0.2) is 16.6 Å². The molecular formula is C23H26N2O3S. The van der Waals surface area contributed by atoms with Gasteiger partial charge in [-0.25, -0.2) is 0 Å². The summed E-state index contributed by atoms with van der Waals surface area (Å²) < 4.78 is 11.4. The van der Waals surface area contributed by atoms with Crippen LogP contribution in [-0.4, -0.2) is 46.6 Å². The minimum Gasteiger partial charge on any atom is -0.490 e. The van der Waals surface area contributed by atoms with E-state index in [-0.39, 0.29) is 11.9 Å². The quantitative estimate of drug-likeness (QED) is 0.653. The maximum atomic E-state index is 13.0. The Kier molecular flexibility index (Phi) is 5.72. The molecule has 6 heteroatoms. The van der Waals surface area contributed by atoms with Crippen molar-refractivity contribution < 1.29 is 14.3 Å². The first-order valence-electron chi connectivity index (χ1n) is 10.2. The molecule has 1 atom stereocenters. The van der Waals surface area contributed by atoms with Gasteiger partial charge < -0.3 is 14.4 Å². The lowest BCUT2D eigenvalue weighted by Gasteiger charge is -2.30. The predicted molar refractivity (Wildman–Crippen MR) is 116 cm³/mol. The molecule has 2 heterocycles. The summed E-state index contributed by atoms with van der Waals surface area (Å²) >= 11 is 5.67. The van der Waals surface area contributed by atoms with Crippen LogP contribution in [0, 0.1) is 0 Å². The average Bonchev–Trinajstić information content (AvgIpc) is 2.96. The van der Waals surface area contributed by atoms with E-state index in [0.29, 0.717) is 37.8 Å². The Morgan fingerprint density at radius 1 is 1.03 bits per heavy atom. The number of carbonyl (C=O) groups excluding carboxylic acids is 1. The van der Waals surface area contributed by atoms with Gasteiger partial charge in [0.05, 0.1) is 13.2 Å². The van der Waals surface area contributed by atoms with Gasteiger partial charge in [0.25, 0.3) is 5.91 Å². The van der Waals surface area contributed by atoms with Crippen molar-refractivity contribution in [3.8, 4) is 11.5 Å². The molecule has 2 aromatic carbocycles. The topological polar surface area (TPSA) is 42.0 Å². The Labute approximate surface area is 177 Å². The molecule has 2 aromatic rings. The molecule has 0 spiro atoms. The summed E-state index contributed by atoms with van der Waals surface area (Å²) in [5.74, 6) is 1.61. The number of hydrogen-bond donors (Lipinski definition) is 0. The molecule has 2 aliphatic rings. The van der Waals surface area contributed by atoms with Gasteiger partial charge in [-0.1, -0.05) is 30.3 Å². The first kappa shape index (κ1) is 19.7. The minimum absolute atomic E-state index is 0.112. The molecule has 1 saturated heterocycles. The fourth-order valence-corrected chi connectivity index (χ4v) is 4.44. The molecule has 1 unspecified atom stereocenters.